The van der Waals surface area contributed by atoms with Crippen molar-refractivity contribution in [3.63, 3.8) is 0 Å². The van der Waals surface area contributed by atoms with E-state index in [-0.39, 0.29) is 10.6 Å². The molecule has 0 fully saturated rings. The van der Waals surface area contributed by atoms with Gasteiger partial charge in [-0.1, -0.05) is 17.5 Å². The van der Waals surface area contributed by atoms with Gasteiger partial charge < -0.3 is 4.74 Å². The summed E-state index contributed by atoms with van der Waals surface area (Å²) in [7, 11) is 0. The summed E-state index contributed by atoms with van der Waals surface area (Å²) in [5, 5.41) is 0.0569. The minimum absolute atomic E-state index is 0.0569. The molecule has 1 radical (unpaired) electrons. The average Bonchev–Trinajstić information content (AvgIpc) is 1.99. The molecular formula is C9H3ClF3O. The fourth-order valence-corrected chi connectivity index (χ4v) is 1.05. The lowest BCUT2D eigenvalue weighted by Gasteiger charge is -2.09. The maximum absolute atomic E-state index is 11.8. The third kappa shape index (κ3) is 3.19. The predicted molar refractivity (Wildman–Crippen MR) is 44.4 cm³/mol. The van der Waals surface area contributed by atoms with Crippen LogP contribution in [0.1, 0.15) is 5.56 Å². The monoisotopic (exact) mass is 219 g/mol. The Morgan fingerprint density at radius 3 is 2.43 bits per heavy atom. The molecule has 1 rings (SSSR count). The van der Waals surface area contributed by atoms with Gasteiger partial charge in [-0.15, -0.1) is 13.2 Å². The molecule has 0 saturated heterocycles. The summed E-state index contributed by atoms with van der Waals surface area (Å²) in [4.78, 5) is 0. The molecule has 0 atom stereocenters. The van der Waals surface area contributed by atoms with Gasteiger partial charge in [-0.3, -0.25) is 0 Å². The number of ether oxygens (including phenoxy) is 1. The van der Waals surface area contributed by atoms with Crippen LogP contribution in [0.3, 0.4) is 0 Å². The van der Waals surface area contributed by atoms with Crippen molar-refractivity contribution >= 4 is 11.6 Å². The second kappa shape index (κ2) is 3.81. The molecule has 14 heavy (non-hydrogen) atoms. The van der Waals surface area contributed by atoms with E-state index in [0.29, 0.717) is 0 Å². The highest BCUT2D eigenvalue weighted by Crippen LogP contribution is 2.26. The Labute approximate surface area is 83.4 Å². The van der Waals surface area contributed by atoms with E-state index in [1.54, 1.807) is 0 Å². The van der Waals surface area contributed by atoms with Crippen LogP contribution in [-0.2, 0) is 0 Å². The molecule has 0 unspecified atom stereocenters. The van der Waals surface area contributed by atoms with Crippen LogP contribution in [0.4, 0.5) is 13.2 Å². The van der Waals surface area contributed by atoms with Crippen molar-refractivity contribution in [2.24, 2.45) is 0 Å². The highest BCUT2D eigenvalue weighted by molar-refractivity contribution is 6.30. The minimum atomic E-state index is -4.76. The van der Waals surface area contributed by atoms with Gasteiger partial charge in [0.25, 0.3) is 0 Å². The van der Waals surface area contributed by atoms with Crippen LogP contribution < -0.4 is 4.74 Å². The Bertz CT molecular complexity index is 379. The fraction of sp³-hybridized carbons (Fsp3) is 0.111. The quantitative estimate of drug-likeness (QED) is 0.659. The highest BCUT2D eigenvalue weighted by atomic mass is 35.5. The van der Waals surface area contributed by atoms with Crippen LogP contribution in [0.15, 0.2) is 18.2 Å². The molecule has 1 nitrogen and oxygen atoms in total. The number of rotatable bonds is 1. The summed E-state index contributed by atoms with van der Waals surface area (Å²) in [6, 6.07) is 3.33. The van der Waals surface area contributed by atoms with Gasteiger partial charge in [0.05, 0.1) is 0 Å². The number of hydrogen-bond donors (Lipinski definition) is 0. The number of benzene rings is 1. The zero-order valence-corrected chi connectivity index (χ0v) is 7.41. The van der Waals surface area contributed by atoms with E-state index in [0.717, 1.165) is 12.1 Å². The van der Waals surface area contributed by atoms with Gasteiger partial charge in [0, 0.05) is 10.6 Å². The molecule has 0 amide bonds. The molecule has 0 aliphatic rings. The molecule has 0 aliphatic heterocycles. The normalized spacial score (nSPS) is 10.8. The number of halogens is 4. The van der Waals surface area contributed by atoms with Crippen molar-refractivity contribution in [3.05, 3.63) is 35.2 Å². The zero-order chi connectivity index (χ0) is 10.8. The SMILES string of the molecule is [C]#Cc1cc(Cl)cc(OC(F)(F)F)c1. The molecule has 0 N–H and O–H groups in total. The third-order valence-corrected chi connectivity index (χ3v) is 1.47. The Kier molecular flexibility index (Phi) is 2.92. The Balaban J connectivity index is 3.00. The van der Waals surface area contributed by atoms with Crippen molar-refractivity contribution in [2.75, 3.05) is 0 Å². The second-order valence-corrected chi connectivity index (χ2v) is 2.78. The van der Waals surface area contributed by atoms with Gasteiger partial charge in [-0.2, -0.15) is 0 Å². The molecule has 0 spiro atoms. The molecule has 1 aromatic rings. The maximum atomic E-state index is 11.8. The zero-order valence-electron chi connectivity index (χ0n) is 6.65. The lowest BCUT2D eigenvalue weighted by molar-refractivity contribution is -0.274. The summed E-state index contributed by atoms with van der Waals surface area (Å²) >= 11 is 5.49. The molecule has 0 heterocycles. The van der Waals surface area contributed by atoms with Crippen molar-refractivity contribution in [2.45, 2.75) is 6.36 Å². The molecular weight excluding hydrogens is 217 g/mol. The summed E-state index contributed by atoms with van der Waals surface area (Å²) < 4.78 is 38.9. The second-order valence-electron chi connectivity index (χ2n) is 2.35. The van der Waals surface area contributed by atoms with Crippen LogP contribution in [-0.4, -0.2) is 6.36 Å². The first-order valence-corrected chi connectivity index (χ1v) is 3.77. The topological polar surface area (TPSA) is 9.23 Å². The molecule has 1 aromatic carbocycles. The molecule has 0 aliphatic carbocycles. The van der Waals surface area contributed by atoms with E-state index < -0.39 is 12.1 Å². The minimum Gasteiger partial charge on any atom is -0.406 e. The molecule has 5 heteroatoms. The molecule has 0 aromatic heterocycles. The molecule has 0 bridgehead atoms. The Morgan fingerprint density at radius 2 is 1.93 bits per heavy atom. The lowest BCUT2D eigenvalue weighted by atomic mass is 10.2. The van der Waals surface area contributed by atoms with Crippen molar-refractivity contribution in [1.29, 1.82) is 0 Å². The van der Waals surface area contributed by atoms with Crippen molar-refractivity contribution in [3.8, 4) is 11.7 Å². The first-order valence-electron chi connectivity index (χ1n) is 3.40. The van der Waals surface area contributed by atoms with Gasteiger partial charge in [0.15, 0.2) is 0 Å². The Hall–Kier alpha value is -1.34. The van der Waals surface area contributed by atoms with Crippen molar-refractivity contribution < 1.29 is 17.9 Å². The summed E-state index contributed by atoms with van der Waals surface area (Å²) in [6.07, 6.45) is 1.96. The van der Waals surface area contributed by atoms with E-state index in [1.165, 1.54) is 6.07 Å². The highest BCUT2D eigenvalue weighted by Gasteiger charge is 2.31. The molecule has 73 valence electrons. The van der Waals surface area contributed by atoms with Gasteiger partial charge in [-0.05, 0) is 24.6 Å². The Morgan fingerprint density at radius 1 is 1.29 bits per heavy atom. The largest absolute Gasteiger partial charge is 0.573 e. The third-order valence-electron chi connectivity index (χ3n) is 1.25. The van der Waals surface area contributed by atoms with Gasteiger partial charge in [0.1, 0.15) is 5.75 Å². The van der Waals surface area contributed by atoms with Crippen LogP contribution in [0.2, 0.25) is 5.02 Å². The lowest BCUT2D eigenvalue weighted by Crippen LogP contribution is -2.17. The standard InChI is InChI=1S/C9H3ClF3O/c1-2-6-3-7(10)5-8(4-6)14-9(11,12)13/h3-5H. The summed E-state index contributed by atoms with van der Waals surface area (Å²) in [5.74, 6) is 1.45. The smallest absolute Gasteiger partial charge is 0.406 e. The first kappa shape index (κ1) is 10.7. The van der Waals surface area contributed by atoms with Gasteiger partial charge in [-0.25, -0.2) is 0 Å². The number of alkyl halides is 3. The maximum Gasteiger partial charge on any atom is 0.573 e. The van der Waals surface area contributed by atoms with Crippen LogP contribution in [0.5, 0.6) is 5.75 Å². The van der Waals surface area contributed by atoms with Crippen LogP contribution >= 0.6 is 11.6 Å². The predicted octanol–water partition coefficient (Wildman–Crippen LogP) is 3.18. The summed E-state index contributed by atoms with van der Waals surface area (Å²) in [5.41, 5.74) is 0.122. The van der Waals surface area contributed by atoms with E-state index in [2.05, 4.69) is 4.74 Å². The van der Waals surface area contributed by atoms with E-state index >= 15 is 0 Å². The van der Waals surface area contributed by atoms with E-state index in [9.17, 15) is 13.2 Å². The molecule has 0 saturated carbocycles. The first-order chi connectivity index (χ1) is 6.40. The van der Waals surface area contributed by atoms with Gasteiger partial charge >= 0.3 is 6.36 Å². The summed E-state index contributed by atoms with van der Waals surface area (Å²) in [6.45, 7) is 0. The average molecular weight is 220 g/mol. The number of hydrogen-bond acceptors (Lipinski definition) is 1. The van der Waals surface area contributed by atoms with Crippen LogP contribution in [0.25, 0.3) is 0 Å². The fourth-order valence-electron chi connectivity index (χ4n) is 0.827. The van der Waals surface area contributed by atoms with Crippen molar-refractivity contribution in [1.82, 2.24) is 0 Å². The van der Waals surface area contributed by atoms with Gasteiger partial charge in [0.2, 0.25) is 0 Å². The van der Waals surface area contributed by atoms with Crippen LogP contribution in [0, 0.1) is 12.3 Å². The van der Waals surface area contributed by atoms with E-state index in [1.807, 2.05) is 5.92 Å². The van der Waals surface area contributed by atoms with E-state index in [4.69, 9.17) is 18.0 Å².